The fourth-order valence-electron chi connectivity index (χ4n) is 8.13. The third-order valence-corrected chi connectivity index (χ3v) is 10.1. The number of methoxy groups -OCH3 is 2. The van der Waals surface area contributed by atoms with Gasteiger partial charge in [-0.15, -0.1) is 0 Å². The third-order valence-electron chi connectivity index (χ3n) is 10.1. The van der Waals surface area contributed by atoms with Crippen LogP contribution in [0.2, 0.25) is 0 Å². The molecule has 1 saturated carbocycles. The van der Waals surface area contributed by atoms with E-state index in [1.165, 1.54) is 36.3 Å². The van der Waals surface area contributed by atoms with E-state index in [0.717, 1.165) is 44.1 Å². The molecule has 1 N–H and O–H groups in total. The standard InChI is InChI=1S/C32H43NO7/c1-18(2)26(29(37)39-6)33-17-22-20(10-12-21(28(35)36)25(22)27(33)34)11-13-23-19(3)9-14-24-31(23,4)15-8-16-32(24,5)30(38)40-7/h10,12,18,24,26H,8-9,11,13-17H2,1-7H3,(H,35,36)/t24-,26?,31-,32+/m1/s1. The van der Waals surface area contributed by atoms with Crippen molar-refractivity contribution in [3.63, 3.8) is 0 Å². The molecule has 1 aliphatic heterocycles. The van der Waals surface area contributed by atoms with Gasteiger partial charge in [0.2, 0.25) is 0 Å². The number of esters is 2. The van der Waals surface area contributed by atoms with Gasteiger partial charge in [0, 0.05) is 6.54 Å². The highest BCUT2D eigenvalue weighted by Gasteiger charge is 2.55. The second kappa shape index (κ2) is 11.0. The first-order valence-electron chi connectivity index (χ1n) is 14.4. The minimum atomic E-state index is -1.16. The lowest BCUT2D eigenvalue weighted by Gasteiger charge is -2.55. The molecule has 1 heterocycles. The van der Waals surface area contributed by atoms with E-state index in [-0.39, 0.29) is 40.9 Å². The summed E-state index contributed by atoms with van der Waals surface area (Å²) in [4.78, 5) is 52.7. The molecule has 0 saturated heterocycles. The molecule has 1 aromatic carbocycles. The van der Waals surface area contributed by atoms with Crippen molar-refractivity contribution in [3.8, 4) is 0 Å². The smallest absolute Gasteiger partial charge is 0.336 e. The van der Waals surface area contributed by atoms with Gasteiger partial charge >= 0.3 is 17.9 Å². The van der Waals surface area contributed by atoms with Crippen molar-refractivity contribution in [2.45, 2.75) is 92.2 Å². The molecular weight excluding hydrogens is 510 g/mol. The zero-order valence-electron chi connectivity index (χ0n) is 24.9. The average molecular weight is 554 g/mol. The highest BCUT2D eigenvalue weighted by molar-refractivity contribution is 6.09. The lowest BCUT2D eigenvalue weighted by molar-refractivity contribution is -0.163. The summed E-state index contributed by atoms with van der Waals surface area (Å²) >= 11 is 0. The predicted molar refractivity (Wildman–Crippen MR) is 150 cm³/mol. The Morgan fingerprint density at radius 1 is 1.10 bits per heavy atom. The van der Waals surface area contributed by atoms with Gasteiger partial charge in [-0.05, 0) is 86.8 Å². The maximum Gasteiger partial charge on any atom is 0.336 e. The van der Waals surface area contributed by atoms with Crippen molar-refractivity contribution < 1.29 is 33.8 Å². The van der Waals surface area contributed by atoms with Gasteiger partial charge in [0.25, 0.3) is 5.91 Å². The molecule has 2 aliphatic carbocycles. The Balaban J connectivity index is 1.69. The van der Waals surface area contributed by atoms with Gasteiger partial charge in [0.15, 0.2) is 0 Å². The Bertz CT molecular complexity index is 1260. The van der Waals surface area contributed by atoms with E-state index in [4.69, 9.17) is 9.47 Å². The maximum absolute atomic E-state index is 13.6. The van der Waals surface area contributed by atoms with Crippen LogP contribution in [0.5, 0.6) is 0 Å². The van der Waals surface area contributed by atoms with Gasteiger partial charge in [-0.1, -0.05) is 44.4 Å². The monoisotopic (exact) mass is 553 g/mol. The van der Waals surface area contributed by atoms with Crippen LogP contribution >= 0.6 is 0 Å². The van der Waals surface area contributed by atoms with E-state index < -0.39 is 29.3 Å². The number of nitrogens with zero attached hydrogens (tertiary/aromatic N) is 1. The largest absolute Gasteiger partial charge is 0.478 e. The van der Waals surface area contributed by atoms with Gasteiger partial charge in [0.05, 0.1) is 30.8 Å². The van der Waals surface area contributed by atoms with E-state index in [1.807, 2.05) is 19.9 Å². The summed E-state index contributed by atoms with van der Waals surface area (Å²) in [5.41, 5.74) is 3.79. The fraction of sp³-hybridized carbons (Fsp3) is 0.625. The average Bonchev–Trinajstić information content (AvgIpc) is 3.23. The van der Waals surface area contributed by atoms with Crippen LogP contribution in [0.4, 0.5) is 0 Å². The molecule has 40 heavy (non-hydrogen) atoms. The summed E-state index contributed by atoms with van der Waals surface area (Å²) in [6, 6.07) is 2.53. The fourth-order valence-corrected chi connectivity index (χ4v) is 8.13. The Morgan fingerprint density at radius 3 is 2.40 bits per heavy atom. The van der Waals surface area contributed by atoms with E-state index in [2.05, 4.69) is 20.8 Å². The van der Waals surface area contributed by atoms with Crippen LogP contribution in [-0.4, -0.2) is 54.1 Å². The van der Waals surface area contributed by atoms with Crippen LogP contribution in [0, 0.1) is 22.7 Å². The van der Waals surface area contributed by atoms with E-state index in [0.29, 0.717) is 12.0 Å². The van der Waals surface area contributed by atoms with Crippen LogP contribution in [-0.2, 0) is 32.0 Å². The number of hydrogen-bond donors (Lipinski definition) is 1. The molecule has 218 valence electrons. The van der Waals surface area contributed by atoms with E-state index >= 15 is 0 Å². The number of carboxylic acid groups (broad SMARTS) is 1. The van der Waals surface area contributed by atoms with E-state index in [9.17, 15) is 24.3 Å². The highest BCUT2D eigenvalue weighted by Crippen LogP contribution is 2.60. The molecule has 0 bridgehead atoms. The first-order chi connectivity index (χ1) is 18.8. The lowest BCUT2D eigenvalue weighted by atomic mass is 9.49. The molecular formula is C32H43NO7. The number of carboxylic acids is 1. The van der Waals surface area contributed by atoms with Crippen molar-refractivity contribution >= 4 is 23.8 Å². The Labute approximate surface area is 237 Å². The minimum Gasteiger partial charge on any atom is -0.478 e. The zero-order chi connectivity index (χ0) is 29.6. The van der Waals surface area contributed by atoms with Crippen LogP contribution in [0.25, 0.3) is 0 Å². The Kier molecular flexibility index (Phi) is 8.21. The second-order valence-corrected chi connectivity index (χ2v) is 12.6. The van der Waals surface area contributed by atoms with Crippen molar-refractivity contribution in [1.29, 1.82) is 0 Å². The van der Waals surface area contributed by atoms with Gasteiger partial charge in [-0.2, -0.15) is 0 Å². The number of carbonyl (C=O) groups excluding carboxylic acids is 3. The second-order valence-electron chi connectivity index (χ2n) is 12.6. The van der Waals surface area contributed by atoms with Crippen LogP contribution in [0.15, 0.2) is 23.3 Å². The molecule has 0 spiro atoms. The quantitative estimate of drug-likeness (QED) is 0.331. The molecule has 1 fully saturated rings. The molecule has 1 amide bonds. The number of benzene rings is 1. The summed E-state index contributed by atoms with van der Waals surface area (Å²) < 4.78 is 10.3. The molecule has 1 aromatic rings. The van der Waals surface area contributed by atoms with Crippen molar-refractivity contribution in [2.75, 3.05) is 14.2 Å². The maximum atomic E-state index is 13.6. The SMILES string of the molecule is COC(=O)C(C(C)C)N1Cc2c(CCC3=C(C)CC[C@H]4[C@@](C)(C(=O)OC)CCC[C@]34C)ccc(C(=O)O)c2C1=O. The number of carbonyl (C=O) groups is 4. The number of rotatable bonds is 8. The summed E-state index contributed by atoms with van der Waals surface area (Å²) in [5.74, 6) is -2.27. The van der Waals surface area contributed by atoms with Crippen LogP contribution in [0.1, 0.15) is 105 Å². The van der Waals surface area contributed by atoms with Gasteiger partial charge in [0.1, 0.15) is 6.04 Å². The molecule has 0 radical (unpaired) electrons. The van der Waals surface area contributed by atoms with Crippen molar-refractivity contribution in [2.24, 2.45) is 22.7 Å². The lowest BCUT2D eigenvalue weighted by Crippen LogP contribution is -2.50. The number of aromatic carboxylic acids is 1. The Hall–Kier alpha value is -3.16. The highest BCUT2D eigenvalue weighted by atomic mass is 16.5. The third kappa shape index (κ3) is 4.73. The molecule has 1 unspecified atom stereocenters. The molecule has 0 aromatic heterocycles. The van der Waals surface area contributed by atoms with Crippen molar-refractivity contribution in [3.05, 3.63) is 45.5 Å². The number of hydrogen-bond acceptors (Lipinski definition) is 6. The number of allylic oxidation sites excluding steroid dienone is 2. The summed E-state index contributed by atoms with van der Waals surface area (Å²) in [5, 5.41) is 9.89. The molecule has 4 rings (SSSR count). The number of fused-ring (bicyclic) bond motifs is 2. The van der Waals surface area contributed by atoms with Crippen LogP contribution in [0.3, 0.4) is 0 Å². The molecule has 4 atom stereocenters. The number of amides is 1. The summed E-state index contributed by atoms with van der Waals surface area (Å²) in [6.45, 7) is 10.4. The normalized spacial score (nSPS) is 26.9. The molecule has 8 nitrogen and oxygen atoms in total. The first-order valence-corrected chi connectivity index (χ1v) is 14.4. The molecule has 3 aliphatic rings. The van der Waals surface area contributed by atoms with Gasteiger partial charge < -0.3 is 19.5 Å². The van der Waals surface area contributed by atoms with Gasteiger partial charge in [-0.3, -0.25) is 9.59 Å². The molecule has 8 heteroatoms. The number of aryl methyl sites for hydroxylation is 1. The van der Waals surface area contributed by atoms with E-state index in [1.54, 1.807) is 0 Å². The first kappa shape index (κ1) is 29.8. The number of ether oxygens (including phenoxy) is 2. The minimum absolute atomic E-state index is 0.0418. The van der Waals surface area contributed by atoms with Crippen LogP contribution < -0.4 is 0 Å². The zero-order valence-corrected chi connectivity index (χ0v) is 24.9. The topological polar surface area (TPSA) is 110 Å². The predicted octanol–water partition coefficient (Wildman–Crippen LogP) is 5.57. The summed E-state index contributed by atoms with van der Waals surface area (Å²) in [6.07, 6.45) is 6.06. The van der Waals surface area contributed by atoms with Gasteiger partial charge in [-0.25, -0.2) is 9.59 Å². The summed E-state index contributed by atoms with van der Waals surface area (Å²) in [7, 11) is 2.77. The Morgan fingerprint density at radius 2 is 1.80 bits per heavy atom. The van der Waals surface area contributed by atoms with Crippen molar-refractivity contribution in [1.82, 2.24) is 4.90 Å².